The van der Waals surface area contributed by atoms with Crippen molar-refractivity contribution in [1.29, 1.82) is 0 Å². The maximum Gasteiger partial charge on any atom is 0.237 e. The normalized spacial score (nSPS) is 36.2. The molecule has 2 saturated carbocycles. The molecule has 4 atom stereocenters. The molecule has 2 aliphatic carbocycles. The largest absolute Gasteiger partial charge is 0.352 e. The van der Waals surface area contributed by atoms with E-state index in [4.69, 9.17) is 0 Å². The van der Waals surface area contributed by atoms with Crippen LogP contribution in [0.15, 0.2) is 6.33 Å². The second kappa shape index (κ2) is 4.34. The molecule has 5 nitrogen and oxygen atoms in total. The Labute approximate surface area is 112 Å². The average Bonchev–Trinajstić information content (AvgIpc) is 3.13. The summed E-state index contributed by atoms with van der Waals surface area (Å²) in [6, 6.07) is 0.309. The van der Waals surface area contributed by atoms with Gasteiger partial charge in [0, 0.05) is 19.0 Å². The first-order valence-electron chi connectivity index (χ1n) is 7.34. The van der Waals surface area contributed by atoms with Crippen LogP contribution in [0.25, 0.3) is 0 Å². The van der Waals surface area contributed by atoms with Gasteiger partial charge in [-0.25, -0.2) is 4.98 Å². The Bertz CT molecular complexity index is 497. The lowest BCUT2D eigenvalue weighted by molar-refractivity contribution is -0.124. The van der Waals surface area contributed by atoms with Gasteiger partial charge in [-0.05, 0) is 31.1 Å². The van der Waals surface area contributed by atoms with E-state index < -0.39 is 0 Å². The van der Waals surface area contributed by atoms with Crippen molar-refractivity contribution in [3.8, 4) is 0 Å². The van der Waals surface area contributed by atoms with Gasteiger partial charge in [0.2, 0.25) is 5.91 Å². The van der Waals surface area contributed by atoms with Gasteiger partial charge in [-0.15, -0.1) is 0 Å². The van der Waals surface area contributed by atoms with Crippen LogP contribution in [0.4, 0.5) is 0 Å². The molecule has 1 amide bonds. The van der Waals surface area contributed by atoms with Crippen LogP contribution in [-0.4, -0.2) is 28.0 Å². The van der Waals surface area contributed by atoms with Crippen LogP contribution < -0.4 is 10.6 Å². The molecule has 2 fully saturated rings. The molecule has 19 heavy (non-hydrogen) atoms. The number of hydrogen-bond donors (Lipinski definition) is 3. The zero-order chi connectivity index (χ0) is 12.8. The van der Waals surface area contributed by atoms with Gasteiger partial charge in [0.05, 0.1) is 23.8 Å². The first-order chi connectivity index (χ1) is 9.29. The van der Waals surface area contributed by atoms with Crippen LogP contribution >= 0.6 is 0 Å². The summed E-state index contributed by atoms with van der Waals surface area (Å²) in [6.07, 6.45) is 7.60. The van der Waals surface area contributed by atoms with Gasteiger partial charge in [-0.1, -0.05) is 6.42 Å². The van der Waals surface area contributed by atoms with Crippen molar-refractivity contribution in [1.82, 2.24) is 20.6 Å². The summed E-state index contributed by atoms with van der Waals surface area (Å²) in [4.78, 5) is 19.7. The van der Waals surface area contributed by atoms with E-state index in [1.54, 1.807) is 6.33 Å². The lowest BCUT2D eigenvalue weighted by Gasteiger charge is -2.27. The fraction of sp³-hybridized carbons (Fsp3) is 0.714. The highest BCUT2D eigenvalue weighted by Gasteiger charge is 2.41. The third-order valence-electron chi connectivity index (χ3n) is 5.11. The fourth-order valence-electron chi connectivity index (χ4n) is 4.06. The van der Waals surface area contributed by atoms with Crippen LogP contribution in [-0.2, 0) is 17.8 Å². The number of H-pyrrole nitrogens is 1. The van der Waals surface area contributed by atoms with Gasteiger partial charge < -0.3 is 10.3 Å². The Kier molecular flexibility index (Phi) is 2.62. The Morgan fingerprint density at radius 3 is 3.11 bits per heavy atom. The number of nitrogens with one attached hydrogen (secondary N) is 3. The van der Waals surface area contributed by atoms with Gasteiger partial charge in [-0.3, -0.25) is 10.1 Å². The number of hydrogen-bond acceptors (Lipinski definition) is 3. The van der Waals surface area contributed by atoms with Gasteiger partial charge in [-0.2, -0.15) is 0 Å². The molecule has 0 aromatic carbocycles. The van der Waals surface area contributed by atoms with E-state index in [0.717, 1.165) is 23.2 Å². The van der Waals surface area contributed by atoms with Crippen LogP contribution in [0.2, 0.25) is 0 Å². The molecule has 3 aliphatic rings. The second-order valence-electron chi connectivity index (χ2n) is 6.26. The number of nitrogens with zero attached hydrogens (tertiary/aromatic N) is 1. The zero-order valence-corrected chi connectivity index (χ0v) is 11.0. The Morgan fingerprint density at radius 2 is 2.32 bits per heavy atom. The van der Waals surface area contributed by atoms with Crippen molar-refractivity contribution in [2.24, 2.45) is 11.8 Å². The molecular formula is C14H20N4O. The molecule has 3 N–H and O–H groups in total. The van der Waals surface area contributed by atoms with Crippen LogP contribution in [0.1, 0.15) is 37.1 Å². The molecule has 2 bridgehead atoms. The summed E-state index contributed by atoms with van der Waals surface area (Å²) in [5.74, 6) is 1.76. The van der Waals surface area contributed by atoms with Crippen LogP contribution in [0.5, 0.6) is 0 Å². The van der Waals surface area contributed by atoms with E-state index in [1.165, 1.54) is 25.7 Å². The lowest BCUT2D eigenvalue weighted by atomic mass is 9.94. The molecule has 2 heterocycles. The van der Waals surface area contributed by atoms with Crippen molar-refractivity contribution in [2.45, 2.75) is 50.7 Å². The van der Waals surface area contributed by atoms with Crippen LogP contribution in [0, 0.1) is 11.8 Å². The summed E-state index contributed by atoms with van der Waals surface area (Å²) in [6.45, 7) is 0.712. The number of aromatic amines is 1. The molecule has 5 heteroatoms. The summed E-state index contributed by atoms with van der Waals surface area (Å²) in [5, 5.41) is 6.56. The summed E-state index contributed by atoms with van der Waals surface area (Å²) in [7, 11) is 0. The molecule has 4 rings (SSSR count). The third kappa shape index (κ3) is 1.96. The van der Waals surface area contributed by atoms with Crippen LogP contribution in [0.3, 0.4) is 0 Å². The number of imidazole rings is 1. The van der Waals surface area contributed by atoms with Crippen molar-refractivity contribution in [3.05, 3.63) is 17.7 Å². The molecule has 4 unspecified atom stereocenters. The van der Waals surface area contributed by atoms with Crippen molar-refractivity contribution < 1.29 is 4.79 Å². The SMILES string of the molecule is O=C(NC1CC2CCC1C2)C1Cc2nc[nH]c2CN1. The van der Waals surface area contributed by atoms with E-state index in [-0.39, 0.29) is 11.9 Å². The highest BCUT2D eigenvalue weighted by atomic mass is 16.2. The molecule has 102 valence electrons. The monoisotopic (exact) mass is 260 g/mol. The van der Waals surface area contributed by atoms with E-state index in [1.807, 2.05) is 0 Å². The molecular weight excluding hydrogens is 240 g/mol. The predicted octanol–water partition coefficient (Wildman–Crippen LogP) is 0.729. The van der Waals surface area contributed by atoms with Gasteiger partial charge in [0.1, 0.15) is 0 Å². The Morgan fingerprint density at radius 1 is 1.37 bits per heavy atom. The Balaban J connectivity index is 1.39. The minimum Gasteiger partial charge on any atom is -0.352 e. The number of fused-ring (bicyclic) bond motifs is 3. The van der Waals surface area contributed by atoms with E-state index >= 15 is 0 Å². The van der Waals surface area contributed by atoms with Gasteiger partial charge >= 0.3 is 0 Å². The number of rotatable bonds is 2. The highest BCUT2D eigenvalue weighted by molar-refractivity contribution is 5.82. The van der Waals surface area contributed by atoms with Gasteiger partial charge in [0.15, 0.2) is 0 Å². The van der Waals surface area contributed by atoms with E-state index in [2.05, 4.69) is 20.6 Å². The molecule has 0 spiro atoms. The fourth-order valence-corrected chi connectivity index (χ4v) is 4.06. The average molecular weight is 260 g/mol. The molecule has 1 aliphatic heterocycles. The first kappa shape index (κ1) is 11.5. The zero-order valence-electron chi connectivity index (χ0n) is 11.0. The predicted molar refractivity (Wildman–Crippen MR) is 70.3 cm³/mol. The maximum absolute atomic E-state index is 12.4. The quantitative estimate of drug-likeness (QED) is 0.734. The lowest BCUT2D eigenvalue weighted by Crippen LogP contribution is -2.51. The first-order valence-corrected chi connectivity index (χ1v) is 7.34. The molecule has 1 aromatic heterocycles. The third-order valence-corrected chi connectivity index (χ3v) is 5.11. The minimum atomic E-state index is -0.116. The molecule has 0 radical (unpaired) electrons. The highest BCUT2D eigenvalue weighted by Crippen LogP contribution is 2.44. The number of amides is 1. The molecule has 1 aromatic rings. The Hall–Kier alpha value is -1.36. The number of carbonyl (C=O) groups excluding carboxylic acids is 1. The maximum atomic E-state index is 12.4. The summed E-state index contributed by atoms with van der Waals surface area (Å²) in [5.41, 5.74) is 2.15. The topological polar surface area (TPSA) is 69.8 Å². The van der Waals surface area contributed by atoms with Gasteiger partial charge in [0.25, 0.3) is 0 Å². The summed E-state index contributed by atoms with van der Waals surface area (Å²) < 4.78 is 0. The van der Waals surface area contributed by atoms with E-state index in [0.29, 0.717) is 19.0 Å². The van der Waals surface area contributed by atoms with Crippen molar-refractivity contribution in [2.75, 3.05) is 0 Å². The van der Waals surface area contributed by atoms with E-state index in [9.17, 15) is 4.79 Å². The summed E-state index contributed by atoms with van der Waals surface area (Å²) >= 11 is 0. The minimum absolute atomic E-state index is 0.116. The second-order valence-corrected chi connectivity index (χ2v) is 6.26. The number of carbonyl (C=O) groups is 1. The van der Waals surface area contributed by atoms with Crippen molar-refractivity contribution in [3.63, 3.8) is 0 Å². The smallest absolute Gasteiger partial charge is 0.237 e. The van der Waals surface area contributed by atoms with Crippen molar-refractivity contribution >= 4 is 5.91 Å². The number of aromatic nitrogens is 2. The standard InChI is InChI=1S/C14H20N4O/c19-14(18-10-4-8-1-2-9(10)3-8)12-5-11-13(6-15-12)17-7-16-11/h7-10,12,15H,1-6H2,(H,16,17)(H,18,19). The molecule has 0 saturated heterocycles.